The van der Waals surface area contributed by atoms with E-state index >= 15 is 0 Å². The van der Waals surface area contributed by atoms with Gasteiger partial charge in [-0.3, -0.25) is 0 Å². The Morgan fingerprint density at radius 2 is 1.04 bits per heavy atom. The SMILES string of the molecule is Cc1ccc(C)c2ccccc12.Cc1ccc2c(C)cccc2c1. The van der Waals surface area contributed by atoms with Crippen LogP contribution in [0.2, 0.25) is 0 Å². The van der Waals surface area contributed by atoms with Crippen molar-refractivity contribution in [3.05, 3.63) is 95.1 Å². The minimum Gasteiger partial charge on any atom is -0.0616 e. The summed E-state index contributed by atoms with van der Waals surface area (Å²) in [6.07, 6.45) is 0. The Balaban J connectivity index is 0.000000141. The van der Waals surface area contributed by atoms with Crippen molar-refractivity contribution in [1.29, 1.82) is 0 Å². The predicted molar refractivity (Wildman–Crippen MR) is 107 cm³/mol. The Morgan fingerprint density at radius 3 is 1.67 bits per heavy atom. The minimum atomic E-state index is 1.33. The van der Waals surface area contributed by atoms with Gasteiger partial charge in [-0.2, -0.15) is 0 Å². The van der Waals surface area contributed by atoms with E-state index in [-0.39, 0.29) is 0 Å². The zero-order valence-corrected chi connectivity index (χ0v) is 14.9. The zero-order valence-electron chi connectivity index (χ0n) is 14.9. The van der Waals surface area contributed by atoms with Gasteiger partial charge in [-0.15, -0.1) is 0 Å². The molecule has 0 unspecified atom stereocenters. The molecular formula is C24H24. The lowest BCUT2D eigenvalue weighted by Gasteiger charge is -2.03. The van der Waals surface area contributed by atoms with Crippen molar-refractivity contribution in [3.8, 4) is 0 Å². The summed E-state index contributed by atoms with van der Waals surface area (Å²) in [7, 11) is 0. The van der Waals surface area contributed by atoms with E-state index in [2.05, 4.69) is 100 Å². The molecule has 0 amide bonds. The summed E-state index contributed by atoms with van der Waals surface area (Å²) in [5.74, 6) is 0. The van der Waals surface area contributed by atoms with E-state index in [1.807, 2.05) is 0 Å². The number of rotatable bonds is 0. The Hall–Kier alpha value is -2.60. The second-order valence-corrected chi connectivity index (χ2v) is 6.54. The number of aryl methyl sites for hydroxylation is 4. The van der Waals surface area contributed by atoms with Crippen molar-refractivity contribution in [2.24, 2.45) is 0 Å². The second-order valence-electron chi connectivity index (χ2n) is 6.54. The van der Waals surface area contributed by atoms with Crippen molar-refractivity contribution in [2.45, 2.75) is 27.7 Å². The molecule has 0 aliphatic rings. The number of hydrogen-bond acceptors (Lipinski definition) is 0. The monoisotopic (exact) mass is 312 g/mol. The van der Waals surface area contributed by atoms with Crippen LogP contribution in [0.25, 0.3) is 21.5 Å². The van der Waals surface area contributed by atoms with Crippen molar-refractivity contribution >= 4 is 21.5 Å². The topological polar surface area (TPSA) is 0 Å². The van der Waals surface area contributed by atoms with E-state index in [4.69, 9.17) is 0 Å². The lowest BCUT2D eigenvalue weighted by Crippen LogP contribution is -1.80. The number of benzene rings is 4. The maximum Gasteiger partial charge on any atom is -0.0152 e. The van der Waals surface area contributed by atoms with E-state index in [0.29, 0.717) is 0 Å². The van der Waals surface area contributed by atoms with Gasteiger partial charge in [-0.1, -0.05) is 78.4 Å². The number of hydrogen-bond donors (Lipinski definition) is 0. The fourth-order valence-corrected chi connectivity index (χ4v) is 3.17. The first-order valence-electron chi connectivity index (χ1n) is 8.47. The van der Waals surface area contributed by atoms with Crippen LogP contribution in [0.15, 0.2) is 72.8 Å². The fourth-order valence-electron chi connectivity index (χ4n) is 3.17. The van der Waals surface area contributed by atoms with Crippen LogP contribution in [-0.4, -0.2) is 0 Å². The molecule has 0 nitrogen and oxygen atoms in total. The second kappa shape index (κ2) is 6.88. The first kappa shape index (κ1) is 16.3. The van der Waals surface area contributed by atoms with Gasteiger partial charge in [0.2, 0.25) is 0 Å². The number of fused-ring (bicyclic) bond motifs is 2. The van der Waals surface area contributed by atoms with Gasteiger partial charge in [0.15, 0.2) is 0 Å². The van der Waals surface area contributed by atoms with Crippen molar-refractivity contribution in [2.75, 3.05) is 0 Å². The summed E-state index contributed by atoms with van der Waals surface area (Å²) in [6.45, 7) is 8.59. The Morgan fingerprint density at radius 1 is 0.458 bits per heavy atom. The summed E-state index contributed by atoms with van der Waals surface area (Å²) < 4.78 is 0. The molecule has 4 aromatic carbocycles. The molecule has 0 aromatic heterocycles. The molecule has 120 valence electrons. The van der Waals surface area contributed by atoms with E-state index < -0.39 is 0 Å². The lowest BCUT2D eigenvalue weighted by atomic mass is 10.0. The summed E-state index contributed by atoms with van der Waals surface area (Å²) in [4.78, 5) is 0. The van der Waals surface area contributed by atoms with Gasteiger partial charge in [-0.25, -0.2) is 0 Å². The van der Waals surface area contributed by atoms with Crippen molar-refractivity contribution in [1.82, 2.24) is 0 Å². The summed E-state index contributed by atoms with van der Waals surface area (Å²) in [6, 6.07) is 25.9. The summed E-state index contributed by atoms with van der Waals surface area (Å²) in [5.41, 5.74) is 5.40. The van der Waals surface area contributed by atoms with Gasteiger partial charge in [0.05, 0.1) is 0 Å². The van der Waals surface area contributed by atoms with Gasteiger partial charge in [0.25, 0.3) is 0 Å². The Bertz CT molecular complexity index is 953. The highest BCUT2D eigenvalue weighted by Crippen LogP contribution is 2.21. The fraction of sp³-hybridized carbons (Fsp3) is 0.167. The molecule has 4 rings (SSSR count). The third-order valence-corrected chi connectivity index (χ3v) is 4.61. The predicted octanol–water partition coefficient (Wildman–Crippen LogP) is 6.91. The summed E-state index contributed by atoms with van der Waals surface area (Å²) >= 11 is 0. The van der Waals surface area contributed by atoms with Gasteiger partial charge in [0.1, 0.15) is 0 Å². The van der Waals surface area contributed by atoms with Crippen LogP contribution in [0.1, 0.15) is 22.3 Å². The van der Waals surface area contributed by atoms with Crippen LogP contribution in [0, 0.1) is 27.7 Å². The quantitative estimate of drug-likeness (QED) is 0.331. The molecule has 0 atom stereocenters. The smallest absolute Gasteiger partial charge is 0.0152 e. The van der Waals surface area contributed by atoms with Gasteiger partial charge in [-0.05, 0) is 65.9 Å². The van der Waals surface area contributed by atoms with E-state index in [0.717, 1.165) is 0 Å². The van der Waals surface area contributed by atoms with Crippen LogP contribution < -0.4 is 0 Å². The van der Waals surface area contributed by atoms with Gasteiger partial charge >= 0.3 is 0 Å². The first-order chi connectivity index (χ1) is 11.6. The molecule has 0 heterocycles. The molecule has 4 aromatic rings. The summed E-state index contributed by atoms with van der Waals surface area (Å²) in [5, 5.41) is 5.45. The highest BCUT2D eigenvalue weighted by atomic mass is 14.0. The molecule has 0 fully saturated rings. The molecule has 0 saturated carbocycles. The highest BCUT2D eigenvalue weighted by Gasteiger charge is 1.97. The third kappa shape index (κ3) is 3.33. The maximum absolute atomic E-state index is 2.22. The average molecular weight is 312 g/mol. The molecule has 0 radical (unpaired) electrons. The molecule has 0 saturated heterocycles. The largest absolute Gasteiger partial charge is 0.0616 e. The first-order valence-corrected chi connectivity index (χ1v) is 8.47. The van der Waals surface area contributed by atoms with Crippen LogP contribution in [0.3, 0.4) is 0 Å². The molecule has 24 heavy (non-hydrogen) atoms. The van der Waals surface area contributed by atoms with Crippen LogP contribution in [0.5, 0.6) is 0 Å². The zero-order chi connectivity index (χ0) is 17.1. The van der Waals surface area contributed by atoms with E-state index in [1.165, 1.54) is 43.8 Å². The van der Waals surface area contributed by atoms with Crippen molar-refractivity contribution in [3.63, 3.8) is 0 Å². The average Bonchev–Trinajstić information content (AvgIpc) is 2.59. The minimum absolute atomic E-state index is 1.33. The van der Waals surface area contributed by atoms with E-state index in [1.54, 1.807) is 0 Å². The van der Waals surface area contributed by atoms with Crippen LogP contribution in [-0.2, 0) is 0 Å². The van der Waals surface area contributed by atoms with Gasteiger partial charge in [0, 0.05) is 0 Å². The third-order valence-electron chi connectivity index (χ3n) is 4.61. The highest BCUT2D eigenvalue weighted by molar-refractivity contribution is 5.88. The molecule has 0 aliphatic carbocycles. The molecule has 0 heteroatoms. The molecular weight excluding hydrogens is 288 g/mol. The van der Waals surface area contributed by atoms with Crippen molar-refractivity contribution < 1.29 is 0 Å². The molecule has 0 bridgehead atoms. The Labute approximate surface area is 144 Å². The van der Waals surface area contributed by atoms with Gasteiger partial charge < -0.3 is 0 Å². The maximum atomic E-state index is 2.22. The van der Waals surface area contributed by atoms with E-state index in [9.17, 15) is 0 Å². The molecule has 0 spiro atoms. The molecule has 0 aliphatic heterocycles. The molecule has 0 N–H and O–H groups in total. The Kier molecular flexibility index (Phi) is 4.66. The van der Waals surface area contributed by atoms with Crippen LogP contribution >= 0.6 is 0 Å². The van der Waals surface area contributed by atoms with Crippen LogP contribution in [0.4, 0.5) is 0 Å². The normalized spacial score (nSPS) is 10.5. The standard InChI is InChI=1S/2C12H12/c1-9-6-7-12-10(2)4-3-5-11(12)8-9;1-9-7-8-10(2)12-6-4-3-5-11(9)12/h2*3-8H,1-2H3. The lowest BCUT2D eigenvalue weighted by molar-refractivity contribution is 1.46.